The first-order valence-electron chi connectivity index (χ1n) is 6.82. The van der Waals surface area contributed by atoms with Gasteiger partial charge in [0.15, 0.2) is 11.6 Å². The summed E-state index contributed by atoms with van der Waals surface area (Å²) in [5.41, 5.74) is 0.768. The van der Waals surface area contributed by atoms with E-state index in [0.29, 0.717) is 12.3 Å². The molecule has 1 atom stereocenters. The maximum Gasteiger partial charge on any atom is 0.225 e. The number of amides is 1. The van der Waals surface area contributed by atoms with Gasteiger partial charge >= 0.3 is 0 Å². The number of pyridine rings is 1. The molecule has 0 saturated carbocycles. The van der Waals surface area contributed by atoms with E-state index in [1.807, 2.05) is 6.92 Å². The molecule has 3 N–H and O–H groups in total. The summed E-state index contributed by atoms with van der Waals surface area (Å²) in [6.07, 6.45) is 3.73. The van der Waals surface area contributed by atoms with Gasteiger partial charge in [0.2, 0.25) is 5.91 Å². The van der Waals surface area contributed by atoms with Gasteiger partial charge in [-0.1, -0.05) is 0 Å². The van der Waals surface area contributed by atoms with E-state index in [-0.39, 0.29) is 17.5 Å². The second-order valence-corrected chi connectivity index (χ2v) is 5.12. The molecule has 0 spiro atoms. The largest absolute Gasteiger partial charge is 0.504 e. The summed E-state index contributed by atoms with van der Waals surface area (Å²) in [4.78, 5) is 15.9. The van der Waals surface area contributed by atoms with E-state index in [1.165, 1.54) is 12.8 Å². The van der Waals surface area contributed by atoms with Gasteiger partial charge in [-0.3, -0.25) is 4.79 Å². The van der Waals surface area contributed by atoms with Crippen LogP contribution in [0, 0.1) is 12.8 Å². The molecule has 1 saturated heterocycles. The molecule has 2 heterocycles. The van der Waals surface area contributed by atoms with Gasteiger partial charge in [0, 0.05) is 12.1 Å². The fourth-order valence-electron chi connectivity index (χ4n) is 2.34. The van der Waals surface area contributed by atoms with Crippen LogP contribution in [0.5, 0.6) is 5.75 Å². The van der Waals surface area contributed by atoms with Crippen molar-refractivity contribution in [2.75, 3.05) is 18.4 Å². The highest BCUT2D eigenvalue weighted by Gasteiger charge is 2.15. The number of rotatable bonds is 4. The molecule has 0 aromatic carbocycles. The summed E-state index contributed by atoms with van der Waals surface area (Å²) in [7, 11) is 0. The molecular formula is C14H21N3O2. The number of anilines is 1. The highest BCUT2D eigenvalue weighted by molar-refractivity contribution is 5.91. The Morgan fingerprint density at radius 1 is 1.58 bits per heavy atom. The molecule has 19 heavy (non-hydrogen) atoms. The Hall–Kier alpha value is -1.62. The summed E-state index contributed by atoms with van der Waals surface area (Å²) in [6.45, 7) is 3.91. The Morgan fingerprint density at radius 3 is 3.16 bits per heavy atom. The Labute approximate surface area is 113 Å². The molecule has 1 aromatic heterocycles. The molecule has 5 heteroatoms. The van der Waals surface area contributed by atoms with E-state index >= 15 is 0 Å². The van der Waals surface area contributed by atoms with Crippen LogP contribution in [-0.2, 0) is 4.79 Å². The highest BCUT2D eigenvalue weighted by Crippen LogP contribution is 2.21. The number of aromatic hydroxyl groups is 1. The monoisotopic (exact) mass is 263 g/mol. The van der Waals surface area contributed by atoms with Crippen LogP contribution >= 0.6 is 0 Å². The highest BCUT2D eigenvalue weighted by atomic mass is 16.3. The molecule has 1 fully saturated rings. The van der Waals surface area contributed by atoms with Crippen LogP contribution in [0.15, 0.2) is 12.1 Å². The zero-order valence-electron chi connectivity index (χ0n) is 11.3. The number of carbonyl (C=O) groups is 1. The van der Waals surface area contributed by atoms with Crippen molar-refractivity contribution >= 4 is 11.7 Å². The van der Waals surface area contributed by atoms with Gasteiger partial charge in [-0.25, -0.2) is 4.98 Å². The number of hydrogen-bond donors (Lipinski definition) is 3. The standard InChI is InChI=1S/C14H21N3O2/c1-10-4-6-12(18)14(16-10)17-13(19)7-5-11-3-2-8-15-9-11/h4,6,11,15,18H,2-3,5,7-9H2,1H3,(H,16,17,19). The Kier molecular flexibility index (Phi) is 4.74. The summed E-state index contributed by atoms with van der Waals surface area (Å²) in [6, 6.07) is 3.25. The lowest BCUT2D eigenvalue weighted by atomic mass is 9.94. The van der Waals surface area contributed by atoms with Crippen molar-refractivity contribution in [2.24, 2.45) is 5.92 Å². The summed E-state index contributed by atoms with van der Waals surface area (Å²) in [5, 5.41) is 15.6. The number of aryl methyl sites for hydroxylation is 1. The van der Waals surface area contributed by atoms with Crippen molar-refractivity contribution < 1.29 is 9.90 Å². The summed E-state index contributed by atoms with van der Waals surface area (Å²) in [5.74, 6) is 0.766. The molecule has 1 unspecified atom stereocenters. The predicted octanol–water partition coefficient (Wildman–Crippen LogP) is 1.81. The van der Waals surface area contributed by atoms with Gasteiger partial charge < -0.3 is 15.7 Å². The SMILES string of the molecule is Cc1ccc(O)c(NC(=O)CCC2CCCNC2)n1. The fourth-order valence-corrected chi connectivity index (χ4v) is 2.34. The van der Waals surface area contributed by atoms with Crippen LogP contribution in [0.1, 0.15) is 31.4 Å². The lowest BCUT2D eigenvalue weighted by Crippen LogP contribution is -2.30. The minimum atomic E-state index is -0.0843. The van der Waals surface area contributed by atoms with E-state index < -0.39 is 0 Å². The molecule has 2 rings (SSSR count). The molecule has 1 aromatic rings. The third kappa shape index (κ3) is 4.21. The van der Waals surface area contributed by atoms with E-state index in [0.717, 1.165) is 25.2 Å². The third-order valence-corrected chi connectivity index (χ3v) is 3.45. The second kappa shape index (κ2) is 6.52. The number of nitrogens with one attached hydrogen (secondary N) is 2. The molecule has 5 nitrogen and oxygen atoms in total. The van der Waals surface area contributed by atoms with Crippen molar-refractivity contribution in [1.82, 2.24) is 10.3 Å². The van der Waals surface area contributed by atoms with Crippen molar-refractivity contribution in [1.29, 1.82) is 0 Å². The van der Waals surface area contributed by atoms with Crippen molar-refractivity contribution in [3.63, 3.8) is 0 Å². The number of piperidine rings is 1. The molecule has 0 aliphatic carbocycles. The smallest absolute Gasteiger partial charge is 0.225 e. The van der Waals surface area contributed by atoms with E-state index in [1.54, 1.807) is 12.1 Å². The topological polar surface area (TPSA) is 74.2 Å². The minimum Gasteiger partial charge on any atom is -0.504 e. The Morgan fingerprint density at radius 2 is 2.42 bits per heavy atom. The second-order valence-electron chi connectivity index (χ2n) is 5.12. The third-order valence-electron chi connectivity index (χ3n) is 3.45. The van der Waals surface area contributed by atoms with Crippen LogP contribution in [0.25, 0.3) is 0 Å². The Bertz CT molecular complexity index is 442. The maximum absolute atomic E-state index is 11.8. The average molecular weight is 263 g/mol. The van der Waals surface area contributed by atoms with Crippen LogP contribution < -0.4 is 10.6 Å². The number of aromatic nitrogens is 1. The number of hydrogen-bond acceptors (Lipinski definition) is 4. The average Bonchev–Trinajstić information content (AvgIpc) is 2.42. The van der Waals surface area contributed by atoms with Gasteiger partial charge in [0.25, 0.3) is 0 Å². The number of nitrogens with zero attached hydrogens (tertiary/aromatic N) is 1. The normalized spacial score (nSPS) is 19.1. The van der Waals surface area contributed by atoms with Gasteiger partial charge in [-0.15, -0.1) is 0 Å². The van der Waals surface area contributed by atoms with Crippen molar-refractivity contribution in [3.8, 4) is 5.75 Å². The molecule has 104 valence electrons. The van der Waals surface area contributed by atoms with Crippen molar-refractivity contribution in [3.05, 3.63) is 17.8 Å². The molecule has 0 radical (unpaired) electrons. The molecule has 0 bridgehead atoms. The fraction of sp³-hybridized carbons (Fsp3) is 0.571. The van der Waals surface area contributed by atoms with Crippen LogP contribution in [-0.4, -0.2) is 29.1 Å². The van der Waals surface area contributed by atoms with Crippen LogP contribution in [0.4, 0.5) is 5.82 Å². The summed E-state index contributed by atoms with van der Waals surface area (Å²) >= 11 is 0. The lowest BCUT2D eigenvalue weighted by molar-refractivity contribution is -0.116. The molecular weight excluding hydrogens is 242 g/mol. The first kappa shape index (κ1) is 13.8. The van der Waals surface area contributed by atoms with Gasteiger partial charge in [-0.05, 0) is 57.3 Å². The Balaban J connectivity index is 1.81. The summed E-state index contributed by atoms with van der Waals surface area (Å²) < 4.78 is 0. The van der Waals surface area contributed by atoms with Gasteiger partial charge in [0.1, 0.15) is 0 Å². The predicted molar refractivity (Wildman–Crippen MR) is 74.1 cm³/mol. The molecule has 1 aliphatic heterocycles. The van der Waals surface area contributed by atoms with E-state index in [4.69, 9.17) is 0 Å². The maximum atomic E-state index is 11.8. The first-order chi connectivity index (χ1) is 9.15. The van der Waals surface area contributed by atoms with Crippen LogP contribution in [0.3, 0.4) is 0 Å². The van der Waals surface area contributed by atoms with Gasteiger partial charge in [0.05, 0.1) is 0 Å². The zero-order chi connectivity index (χ0) is 13.7. The van der Waals surface area contributed by atoms with Crippen LogP contribution in [0.2, 0.25) is 0 Å². The molecule has 1 aliphatic rings. The minimum absolute atomic E-state index is 0.0123. The quantitative estimate of drug-likeness (QED) is 0.774. The zero-order valence-corrected chi connectivity index (χ0v) is 11.3. The number of carbonyl (C=O) groups excluding carboxylic acids is 1. The van der Waals surface area contributed by atoms with Gasteiger partial charge in [-0.2, -0.15) is 0 Å². The van der Waals surface area contributed by atoms with Crippen molar-refractivity contribution in [2.45, 2.75) is 32.6 Å². The first-order valence-corrected chi connectivity index (χ1v) is 6.82. The van der Waals surface area contributed by atoms with E-state index in [2.05, 4.69) is 15.6 Å². The lowest BCUT2D eigenvalue weighted by Gasteiger charge is -2.22. The van der Waals surface area contributed by atoms with E-state index in [9.17, 15) is 9.90 Å². The molecule has 1 amide bonds.